The average Bonchev–Trinajstić information content (AvgIpc) is 3.20. The van der Waals surface area contributed by atoms with E-state index in [1.54, 1.807) is 25.1 Å². The number of carbonyl (C=O) groups is 1. The van der Waals surface area contributed by atoms with Gasteiger partial charge in [-0.3, -0.25) is 4.98 Å². The van der Waals surface area contributed by atoms with Gasteiger partial charge in [-0.15, -0.1) is 0 Å². The molecule has 3 aromatic heterocycles. The van der Waals surface area contributed by atoms with Crippen molar-refractivity contribution >= 4 is 17.6 Å². The van der Waals surface area contributed by atoms with Crippen molar-refractivity contribution in [2.75, 3.05) is 5.32 Å². The predicted molar refractivity (Wildman–Crippen MR) is 118 cm³/mol. The third-order valence-electron chi connectivity index (χ3n) is 4.91. The fourth-order valence-corrected chi connectivity index (χ4v) is 3.38. The Balaban J connectivity index is 1.88. The van der Waals surface area contributed by atoms with Gasteiger partial charge in [0.15, 0.2) is 11.5 Å². The van der Waals surface area contributed by atoms with E-state index >= 15 is 0 Å². The summed E-state index contributed by atoms with van der Waals surface area (Å²) >= 11 is 0. The Labute approximate surface area is 196 Å². The molecule has 35 heavy (non-hydrogen) atoms. The number of alkyl halides is 3. The number of rotatable bonds is 5. The first-order valence-electron chi connectivity index (χ1n) is 10.0. The molecule has 0 unspecified atom stereocenters. The highest BCUT2D eigenvalue weighted by molar-refractivity contribution is 5.89. The van der Waals surface area contributed by atoms with Gasteiger partial charge in [-0.05, 0) is 49.7 Å². The van der Waals surface area contributed by atoms with E-state index in [1.807, 2.05) is 6.07 Å². The number of nitrogens with one attached hydrogen (secondary N) is 1. The van der Waals surface area contributed by atoms with Gasteiger partial charge in [0, 0.05) is 41.1 Å². The molecule has 9 nitrogen and oxygen atoms in total. The summed E-state index contributed by atoms with van der Waals surface area (Å²) in [5.41, 5.74) is 1.12. The Morgan fingerprint density at radius 2 is 1.89 bits per heavy atom. The molecule has 0 spiro atoms. The summed E-state index contributed by atoms with van der Waals surface area (Å²) in [7, 11) is 0. The van der Waals surface area contributed by atoms with E-state index in [0.29, 0.717) is 11.3 Å². The van der Waals surface area contributed by atoms with Crippen LogP contribution in [-0.4, -0.2) is 35.8 Å². The Bertz CT molecular complexity index is 1490. The van der Waals surface area contributed by atoms with Gasteiger partial charge in [0.1, 0.15) is 0 Å². The van der Waals surface area contributed by atoms with Gasteiger partial charge in [-0.25, -0.2) is 14.5 Å². The summed E-state index contributed by atoms with van der Waals surface area (Å²) in [5, 5.41) is 25.1. The fraction of sp³-hybridized carbons (Fsp3) is 0.130. The summed E-state index contributed by atoms with van der Waals surface area (Å²) in [6, 6.07) is 9.25. The second-order valence-corrected chi connectivity index (χ2v) is 7.60. The second-order valence-electron chi connectivity index (χ2n) is 7.60. The molecule has 0 amide bonds. The van der Waals surface area contributed by atoms with E-state index < -0.39 is 17.8 Å². The lowest BCUT2D eigenvalue weighted by molar-refractivity contribution is -0.141. The number of aryl methyl sites for hydroxylation is 2. The van der Waals surface area contributed by atoms with Gasteiger partial charge in [-0.2, -0.15) is 28.5 Å². The largest absolute Gasteiger partial charge is 0.478 e. The van der Waals surface area contributed by atoms with Crippen molar-refractivity contribution in [1.29, 1.82) is 5.26 Å². The summed E-state index contributed by atoms with van der Waals surface area (Å²) in [6.07, 6.45) is -0.842. The highest BCUT2D eigenvalue weighted by atomic mass is 19.4. The number of hydrogen-bond acceptors (Lipinski definition) is 7. The normalized spacial score (nSPS) is 11.2. The second kappa shape index (κ2) is 8.86. The van der Waals surface area contributed by atoms with Gasteiger partial charge in [0.05, 0.1) is 17.2 Å². The van der Waals surface area contributed by atoms with Crippen molar-refractivity contribution in [3.8, 4) is 23.0 Å². The maximum Gasteiger partial charge on any atom is 0.435 e. The van der Waals surface area contributed by atoms with Crippen molar-refractivity contribution < 1.29 is 23.1 Å². The van der Waals surface area contributed by atoms with Gasteiger partial charge in [0.2, 0.25) is 5.95 Å². The van der Waals surface area contributed by atoms with E-state index in [9.17, 15) is 28.3 Å². The minimum atomic E-state index is -4.68. The quantitative estimate of drug-likeness (QED) is 0.422. The Morgan fingerprint density at radius 1 is 1.11 bits per heavy atom. The number of carboxylic acids is 1. The highest BCUT2D eigenvalue weighted by Crippen LogP contribution is 2.32. The minimum Gasteiger partial charge on any atom is -0.478 e. The number of halogens is 3. The van der Waals surface area contributed by atoms with Crippen molar-refractivity contribution in [3.05, 3.63) is 77.0 Å². The SMILES string of the molecule is Cc1cc(C#N)cc(Nc2ncc(-c3cncc(C(=O)O)c3)c(-n3nc(C(F)(F)F)cc3C)n2)c1. The maximum absolute atomic E-state index is 13.3. The Morgan fingerprint density at radius 3 is 2.54 bits per heavy atom. The molecular weight excluding hydrogens is 463 g/mol. The smallest absolute Gasteiger partial charge is 0.435 e. The van der Waals surface area contributed by atoms with Gasteiger partial charge >= 0.3 is 12.1 Å². The van der Waals surface area contributed by atoms with Crippen LogP contribution in [0.2, 0.25) is 0 Å². The van der Waals surface area contributed by atoms with Crippen molar-refractivity contribution in [1.82, 2.24) is 24.7 Å². The van der Waals surface area contributed by atoms with E-state index in [0.717, 1.165) is 22.5 Å². The molecule has 0 fully saturated rings. The third-order valence-corrected chi connectivity index (χ3v) is 4.91. The minimum absolute atomic E-state index is 0.0204. The predicted octanol–water partition coefficient (Wildman–Crippen LogP) is 4.67. The molecule has 0 saturated heterocycles. The lowest BCUT2D eigenvalue weighted by Crippen LogP contribution is -2.11. The first-order valence-corrected chi connectivity index (χ1v) is 10.0. The molecular formula is C23H16F3N7O2. The molecule has 2 N–H and O–H groups in total. The van der Waals surface area contributed by atoms with E-state index in [2.05, 4.69) is 25.4 Å². The molecule has 3 heterocycles. The van der Waals surface area contributed by atoms with E-state index in [-0.39, 0.29) is 34.2 Å². The van der Waals surface area contributed by atoms with Crippen LogP contribution in [0, 0.1) is 25.2 Å². The monoisotopic (exact) mass is 479 g/mol. The number of carboxylic acid groups (broad SMARTS) is 1. The zero-order chi connectivity index (χ0) is 25.3. The number of benzene rings is 1. The number of pyridine rings is 1. The van der Waals surface area contributed by atoms with E-state index in [1.165, 1.54) is 25.4 Å². The van der Waals surface area contributed by atoms with Crippen molar-refractivity contribution in [3.63, 3.8) is 0 Å². The van der Waals surface area contributed by atoms with Crippen LogP contribution in [-0.2, 0) is 6.18 Å². The molecule has 4 aromatic rings. The molecule has 0 aliphatic carbocycles. The van der Waals surface area contributed by atoms with Crippen LogP contribution in [0.25, 0.3) is 16.9 Å². The maximum atomic E-state index is 13.3. The van der Waals surface area contributed by atoms with Gasteiger partial charge < -0.3 is 10.4 Å². The van der Waals surface area contributed by atoms with Gasteiger partial charge in [-0.1, -0.05) is 0 Å². The lowest BCUT2D eigenvalue weighted by atomic mass is 10.1. The van der Waals surface area contributed by atoms with Crippen LogP contribution in [0.15, 0.2) is 48.9 Å². The topological polar surface area (TPSA) is 130 Å². The average molecular weight is 479 g/mol. The number of nitrogens with zero attached hydrogens (tertiary/aromatic N) is 6. The Hall–Kier alpha value is -4.79. The van der Waals surface area contributed by atoms with Crippen molar-refractivity contribution in [2.45, 2.75) is 20.0 Å². The molecule has 4 rings (SSSR count). The third kappa shape index (κ3) is 4.93. The molecule has 0 aliphatic rings. The molecule has 12 heteroatoms. The number of aromatic nitrogens is 5. The Kier molecular flexibility index (Phi) is 5.92. The van der Waals surface area contributed by atoms with Crippen LogP contribution in [0.4, 0.5) is 24.8 Å². The van der Waals surface area contributed by atoms with Crippen LogP contribution in [0.1, 0.15) is 32.9 Å². The fourth-order valence-electron chi connectivity index (χ4n) is 3.38. The molecule has 1 aromatic carbocycles. The summed E-state index contributed by atoms with van der Waals surface area (Å²) < 4.78 is 41.0. The lowest BCUT2D eigenvalue weighted by Gasteiger charge is -2.13. The molecule has 0 atom stereocenters. The van der Waals surface area contributed by atoms with Crippen LogP contribution in [0.5, 0.6) is 0 Å². The zero-order valence-electron chi connectivity index (χ0n) is 18.3. The molecule has 0 radical (unpaired) electrons. The first-order chi connectivity index (χ1) is 16.5. The van der Waals surface area contributed by atoms with Crippen LogP contribution in [0.3, 0.4) is 0 Å². The number of hydrogen-bond donors (Lipinski definition) is 2. The molecule has 0 saturated carbocycles. The molecule has 176 valence electrons. The first kappa shape index (κ1) is 23.4. The highest BCUT2D eigenvalue weighted by Gasteiger charge is 2.35. The van der Waals surface area contributed by atoms with Crippen LogP contribution < -0.4 is 5.32 Å². The summed E-state index contributed by atoms with van der Waals surface area (Å²) in [4.78, 5) is 23.9. The number of anilines is 2. The summed E-state index contributed by atoms with van der Waals surface area (Å²) in [6.45, 7) is 3.24. The van der Waals surface area contributed by atoms with Crippen molar-refractivity contribution in [2.24, 2.45) is 0 Å². The van der Waals surface area contributed by atoms with Crippen LogP contribution >= 0.6 is 0 Å². The summed E-state index contributed by atoms with van der Waals surface area (Å²) in [5.74, 6) is -1.21. The number of nitriles is 1. The number of aromatic carboxylic acids is 1. The zero-order valence-corrected chi connectivity index (χ0v) is 18.3. The van der Waals surface area contributed by atoms with E-state index in [4.69, 9.17) is 0 Å². The molecule has 0 bridgehead atoms. The van der Waals surface area contributed by atoms with Gasteiger partial charge in [0.25, 0.3) is 0 Å². The molecule has 0 aliphatic heterocycles. The standard InChI is InChI=1S/C23H16F3N7O2/c1-12-3-14(8-27)6-17(4-12)30-22-29-11-18(15-7-16(21(34)35)10-28-9-15)20(31-22)33-13(2)5-19(32-33)23(24,25)26/h3-7,9-11H,1-2H3,(H,34,35)(H,29,30,31).